The lowest BCUT2D eigenvalue weighted by Crippen LogP contribution is -2.31. The molecule has 24 heavy (non-hydrogen) atoms. The zero-order chi connectivity index (χ0) is 17.1. The van der Waals surface area contributed by atoms with E-state index >= 15 is 0 Å². The second-order valence-electron chi connectivity index (χ2n) is 5.47. The van der Waals surface area contributed by atoms with Crippen LogP contribution in [-0.4, -0.2) is 17.6 Å². The van der Waals surface area contributed by atoms with Gasteiger partial charge in [0.05, 0.1) is 18.1 Å². The number of benzene rings is 2. The number of nitrogens with one attached hydrogen (secondary N) is 1. The standard InChI is InChI=1S/C18H18BrN3O2/c1-24-13-7-8-16-14(9-13)15(10-17(23)21-20)18(19)22(16)11-12-5-3-2-4-6-12/h2-9H,10-11,20H2,1H3,(H,21,23). The maximum atomic E-state index is 11.8. The van der Waals surface area contributed by atoms with Gasteiger partial charge >= 0.3 is 0 Å². The van der Waals surface area contributed by atoms with Crippen LogP contribution in [0.15, 0.2) is 53.1 Å². The minimum Gasteiger partial charge on any atom is -0.497 e. The molecule has 0 atom stereocenters. The number of aromatic nitrogens is 1. The van der Waals surface area contributed by atoms with Crippen molar-refractivity contribution in [1.82, 2.24) is 9.99 Å². The number of halogens is 1. The zero-order valence-electron chi connectivity index (χ0n) is 13.3. The van der Waals surface area contributed by atoms with Crippen LogP contribution in [0, 0.1) is 0 Å². The van der Waals surface area contributed by atoms with Crippen LogP contribution in [0.1, 0.15) is 11.1 Å². The Balaban J connectivity index is 2.14. The van der Waals surface area contributed by atoms with Gasteiger partial charge < -0.3 is 9.30 Å². The average Bonchev–Trinajstić information content (AvgIpc) is 2.87. The molecule has 0 unspecified atom stereocenters. The first kappa shape index (κ1) is 16.5. The Bertz CT molecular complexity index is 875. The van der Waals surface area contributed by atoms with E-state index in [4.69, 9.17) is 10.6 Å². The first-order valence-corrected chi connectivity index (χ1v) is 8.31. The molecule has 3 rings (SSSR count). The van der Waals surface area contributed by atoms with Crippen LogP contribution in [0.4, 0.5) is 0 Å². The van der Waals surface area contributed by atoms with Gasteiger partial charge in [-0.2, -0.15) is 0 Å². The van der Waals surface area contributed by atoms with Gasteiger partial charge in [0.25, 0.3) is 0 Å². The molecule has 0 radical (unpaired) electrons. The Morgan fingerprint density at radius 1 is 1.25 bits per heavy atom. The van der Waals surface area contributed by atoms with Crippen LogP contribution in [-0.2, 0) is 17.8 Å². The van der Waals surface area contributed by atoms with Gasteiger partial charge in [0.2, 0.25) is 5.91 Å². The topological polar surface area (TPSA) is 69.3 Å². The molecule has 2 aromatic carbocycles. The summed E-state index contributed by atoms with van der Waals surface area (Å²) in [5.41, 5.74) is 5.30. The molecule has 0 aliphatic carbocycles. The number of methoxy groups -OCH3 is 1. The first-order valence-electron chi connectivity index (χ1n) is 7.52. The van der Waals surface area contributed by atoms with Crippen LogP contribution >= 0.6 is 15.9 Å². The van der Waals surface area contributed by atoms with Crippen LogP contribution in [0.2, 0.25) is 0 Å². The minimum atomic E-state index is -0.239. The molecule has 124 valence electrons. The summed E-state index contributed by atoms with van der Waals surface area (Å²) in [5, 5.41) is 0.973. The van der Waals surface area contributed by atoms with Crippen molar-refractivity contribution in [3.8, 4) is 5.75 Å². The Labute approximate surface area is 148 Å². The van der Waals surface area contributed by atoms with Crippen LogP contribution in [0.25, 0.3) is 10.9 Å². The van der Waals surface area contributed by atoms with Crippen molar-refractivity contribution < 1.29 is 9.53 Å². The highest BCUT2D eigenvalue weighted by Crippen LogP contribution is 2.34. The summed E-state index contributed by atoms with van der Waals surface area (Å²) < 4.78 is 8.34. The van der Waals surface area contributed by atoms with Crippen molar-refractivity contribution in [2.24, 2.45) is 5.84 Å². The van der Waals surface area contributed by atoms with Gasteiger partial charge in [-0.25, -0.2) is 5.84 Å². The van der Waals surface area contributed by atoms with Crippen LogP contribution in [0.5, 0.6) is 5.75 Å². The molecule has 1 aromatic heterocycles. The number of hydrogen-bond donors (Lipinski definition) is 2. The summed E-state index contributed by atoms with van der Waals surface area (Å²) in [6.07, 6.45) is 0.197. The van der Waals surface area contributed by atoms with Crippen molar-refractivity contribution in [2.75, 3.05) is 7.11 Å². The number of rotatable bonds is 5. The molecule has 0 spiro atoms. The minimum absolute atomic E-state index is 0.197. The Morgan fingerprint density at radius 3 is 2.67 bits per heavy atom. The fourth-order valence-electron chi connectivity index (χ4n) is 2.80. The normalized spacial score (nSPS) is 10.8. The SMILES string of the molecule is COc1ccc2c(c1)c(CC(=O)NN)c(Br)n2Cc1ccccc1. The van der Waals surface area contributed by atoms with Crippen molar-refractivity contribution in [3.63, 3.8) is 0 Å². The second-order valence-corrected chi connectivity index (χ2v) is 6.22. The molecule has 1 amide bonds. The molecule has 5 nitrogen and oxygen atoms in total. The Hall–Kier alpha value is -2.31. The van der Waals surface area contributed by atoms with Gasteiger partial charge in [0.15, 0.2) is 0 Å². The molecule has 1 heterocycles. The molecule has 3 N–H and O–H groups in total. The number of carbonyl (C=O) groups is 1. The number of ether oxygens (including phenoxy) is 1. The predicted octanol–water partition coefficient (Wildman–Crippen LogP) is 2.99. The average molecular weight is 388 g/mol. The highest BCUT2D eigenvalue weighted by atomic mass is 79.9. The number of amides is 1. The Kier molecular flexibility index (Phi) is 4.87. The fourth-order valence-corrected chi connectivity index (χ4v) is 3.47. The van der Waals surface area contributed by atoms with Crippen molar-refractivity contribution in [1.29, 1.82) is 0 Å². The molecule has 3 aromatic rings. The number of fused-ring (bicyclic) bond motifs is 1. The summed E-state index contributed by atoms with van der Waals surface area (Å²) in [4.78, 5) is 11.8. The molecule has 0 bridgehead atoms. The van der Waals surface area contributed by atoms with Gasteiger partial charge in [-0.05, 0) is 39.7 Å². The van der Waals surface area contributed by atoms with Gasteiger partial charge in [-0.1, -0.05) is 30.3 Å². The largest absolute Gasteiger partial charge is 0.497 e. The number of carbonyl (C=O) groups excluding carboxylic acids is 1. The lowest BCUT2D eigenvalue weighted by molar-refractivity contribution is -0.120. The van der Waals surface area contributed by atoms with E-state index in [1.807, 2.05) is 36.4 Å². The number of hydrazine groups is 1. The van der Waals surface area contributed by atoms with Crippen molar-refractivity contribution in [3.05, 3.63) is 64.3 Å². The quantitative estimate of drug-likeness (QED) is 0.401. The summed E-state index contributed by atoms with van der Waals surface area (Å²) in [6.45, 7) is 0.703. The maximum absolute atomic E-state index is 11.8. The van der Waals surface area contributed by atoms with E-state index in [2.05, 4.69) is 38.1 Å². The Morgan fingerprint density at radius 2 is 2.00 bits per heavy atom. The summed E-state index contributed by atoms with van der Waals surface area (Å²) >= 11 is 3.66. The van der Waals surface area contributed by atoms with Gasteiger partial charge in [-0.15, -0.1) is 0 Å². The van der Waals surface area contributed by atoms with Gasteiger partial charge in [-0.3, -0.25) is 10.2 Å². The van der Waals surface area contributed by atoms with E-state index in [-0.39, 0.29) is 12.3 Å². The summed E-state index contributed by atoms with van der Waals surface area (Å²) in [7, 11) is 1.63. The highest BCUT2D eigenvalue weighted by Gasteiger charge is 2.18. The second kappa shape index (κ2) is 7.07. The summed E-state index contributed by atoms with van der Waals surface area (Å²) in [6, 6.07) is 16.0. The zero-order valence-corrected chi connectivity index (χ0v) is 14.8. The molecule has 0 aliphatic heterocycles. The summed E-state index contributed by atoms with van der Waals surface area (Å²) in [5.74, 6) is 5.77. The molecule has 0 aliphatic rings. The van der Waals surface area contributed by atoms with Gasteiger partial charge in [0.1, 0.15) is 5.75 Å². The first-order chi connectivity index (χ1) is 11.6. The third kappa shape index (κ3) is 3.16. The van der Waals surface area contributed by atoms with E-state index in [9.17, 15) is 4.79 Å². The van der Waals surface area contributed by atoms with E-state index < -0.39 is 0 Å². The maximum Gasteiger partial charge on any atom is 0.238 e. The van der Waals surface area contributed by atoms with Gasteiger partial charge in [0, 0.05) is 23.0 Å². The van der Waals surface area contributed by atoms with Crippen LogP contribution < -0.4 is 16.0 Å². The number of hydrogen-bond acceptors (Lipinski definition) is 3. The number of nitrogens with zero attached hydrogens (tertiary/aromatic N) is 1. The third-order valence-corrected chi connectivity index (χ3v) is 4.89. The smallest absolute Gasteiger partial charge is 0.238 e. The highest BCUT2D eigenvalue weighted by molar-refractivity contribution is 9.10. The van der Waals surface area contributed by atoms with E-state index in [0.717, 1.165) is 26.8 Å². The van der Waals surface area contributed by atoms with E-state index in [1.165, 1.54) is 5.56 Å². The molecule has 0 saturated carbocycles. The van der Waals surface area contributed by atoms with E-state index in [0.29, 0.717) is 6.54 Å². The number of nitrogens with two attached hydrogens (primary N) is 1. The van der Waals surface area contributed by atoms with Crippen molar-refractivity contribution >= 4 is 32.7 Å². The monoisotopic (exact) mass is 387 g/mol. The predicted molar refractivity (Wildman–Crippen MR) is 97.8 cm³/mol. The van der Waals surface area contributed by atoms with Crippen LogP contribution in [0.3, 0.4) is 0 Å². The molecule has 6 heteroatoms. The lowest BCUT2D eigenvalue weighted by Gasteiger charge is -2.08. The fraction of sp³-hybridized carbons (Fsp3) is 0.167. The van der Waals surface area contributed by atoms with E-state index in [1.54, 1.807) is 7.11 Å². The molecule has 0 fully saturated rings. The lowest BCUT2D eigenvalue weighted by atomic mass is 10.1. The van der Waals surface area contributed by atoms with Crippen molar-refractivity contribution in [2.45, 2.75) is 13.0 Å². The molecule has 0 saturated heterocycles. The molecular formula is C18H18BrN3O2. The molecular weight excluding hydrogens is 370 g/mol. The third-order valence-electron chi connectivity index (χ3n) is 3.99.